The molecule has 3 rings (SSSR count). The van der Waals surface area contributed by atoms with E-state index in [9.17, 15) is 8.42 Å². The largest absolute Gasteiger partial charge is 0.267 e. The third kappa shape index (κ3) is 2.31. The first-order valence-electron chi connectivity index (χ1n) is 6.49. The number of rotatable bonds is 2. The van der Waals surface area contributed by atoms with Crippen molar-refractivity contribution in [3.8, 4) is 0 Å². The molecule has 0 saturated carbocycles. The molecule has 1 unspecified atom stereocenters. The SMILES string of the molecule is CC1Cc2ccccc2N1S(=O)(=O)c1c(Cl)cccc1Cl. The summed E-state index contributed by atoms with van der Waals surface area (Å²) >= 11 is 12.2. The quantitative estimate of drug-likeness (QED) is 0.823. The lowest BCUT2D eigenvalue weighted by molar-refractivity contribution is 0.584. The monoisotopic (exact) mass is 341 g/mol. The van der Waals surface area contributed by atoms with Crippen LogP contribution in [0.15, 0.2) is 47.4 Å². The summed E-state index contributed by atoms with van der Waals surface area (Å²) < 4.78 is 27.4. The van der Waals surface area contributed by atoms with Gasteiger partial charge in [-0.2, -0.15) is 0 Å². The number of anilines is 1. The second-order valence-electron chi connectivity index (χ2n) is 5.03. The lowest BCUT2D eigenvalue weighted by Gasteiger charge is -2.25. The standard InChI is InChI=1S/C15H13Cl2NO2S/c1-10-9-11-5-2-3-8-14(11)18(10)21(19,20)15-12(16)6-4-7-13(15)17/h2-8,10H,9H2,1H3. The van der Waals surface area contributed by atoms with Gasteiger partial charge in [-0.3, -0.25) is 4.31 Å². The molecule has 0 amide bonds. The predicted octanol–water partition coefficient (Wildman–Crippen LogP) is 4.13. The topological polar surface area (TPSA) is 37.4 Å². The fraction of sp³-hybridized carbons (Fsp3) is 0.200. The number of hydrogen-bond acceptors (Lipinski definition) is 2. The van der Waals surface area contributed by atoms with E-state index >= 15 is 0 Å². The molecule has 0 radical (unpaired) electrons. The fourth-order valence-electron chi connectivity index (χ4n) is 2.73. The van der Waals surface area contributed by atoms with E-state index in [0.717, 1.165) is 5.56 Å². The first-order valence-corrected chi connectivity index (χ1v) is 8.69. The zero-order chi connectivity index (χ0) is 15.2. The van der Waals surface area contributed by atoms with Gasteiger partial charge in [-0.05, 0) is 37.1 Å². The third-order valence-electron chi connectivity index (χ3n) is 3.58. The fourth-order valence-corrected chi connectivity index (χ4v) is 5.52. The Balaban J connectivity index is 2.20. The summed E-state index contributed by atoms with van der Waals surface area (Å²) in [5.74, 6) is 0. The van der Waals surface area contributed by atoms with Gasteiger partial charge in [-0.25, -0.2) is 8.42 Å². The van der Waals surface area contributed by atoms with Crippen LogP contribution < -0.4 is 4.31 Å². The molecule has 1 heterocycles. The van der Waals surface area contributed by atoms with E-state index in [4.69, 9.17) is 23.2 Å². The lowest BCUT2D eigenvalue weighted by atomic mass is 10.1. The molecule has 0 fully saturated rings. The van der Waals surface area contributed by atoms with Crippen molar-refractivity contribution in [3.63, 3.8) is 0 Å². The number of sulfonamides is 1. The first-order chi connectivity index (χ1) is 9.93. The van der Waals surface area contributed by atoms with Crippen LogP contribution in [0.2, 0.25) is 10.0 Å². The minimum Gasteiger partial charge on any atom is -0.263 e. The van der Waals surface area contributed by atoms with E-state index in [1.54, 1.807) is 12.1 Å². The molecular weight excluding hydrogens is 329 g/mol. The summed E-state index contributed by atoms with van der Waals surface area (Å²) in [6, 6.07) is 12.0. The van der Waals surface area contributed by atoms with Crippen LogP contribution in [0.25, 0.3) is 0 Å². The number of para-hydroxylation sites is 1. The minimum absolute atomic E-state index is 0.0307. The normalized spacial score (nSPS) is 17.9. The highest BCUT2D eigenvalue weighted by Gasteiger charge is 2.37. The molecule has 2 aromatic rings. The molecule has 0 bridgehead atoms. The first kappa shape index (κ1) is 14.7. The van der Waals surface area contributed by atoms with Gasteiger partial charge in [0.1, 0.15) is 4.90 Å². The van der Waals surface area contributed by atoms with Crippen molar-refractivity contribution >= 4 is 38.9 Å². The van der Waals surface area contributed by atoms with Crippen LogP contribution in [0.3, 0.4) is 0 Å². The smallest absolute Gasteiger partial charge is 0.263 e. The second kappa shape index (κ2) is 5.20. The molecule has 1 aliphatic rings. The second-order valence-corrected chi connectivity index (χ2v) is 7.60. The lowest BCUT2D eigenvalue weighted by Crippen LogP contribution is -2.36. The summed E-state index contributed by atoms with van der Waals surface area (Å²) in [6.07, 6.45) is 0.678. The Morgan fingerprint density at radius 3 is 2.33 bits per heavy atom. The molecule has 21 heavy (non-hydrogen) atoms. The number of benzene rings is 2. The van der Waals surface area contributed by atoms with E-state index in [1.165, 1.54) is 16.4 Å². The minimum atomic E-state index is -3.79. The Bertz CT molecular complexity index is 785. The van der Waals surface area contributed by atoms with Crippen LogP contribution in [-0.4, -0.2) is 14.5 Å². The van der Waals surface area contributed by atoms with Crippen molar-refractivity contribution in [1.29, 1.82) is 0 Å². The Labute approximate surface area is 134 Å². The van der Waals surface area contributed by atoms with Gasteiger partial charge in [0.15, 0.2) is 0 Å². The van der Waals surface area contributed by atoms with Crippen molar-refractivity contribution < 1.29 is 8.42 Å². The van der Waals surface area contributed by atoms with E-state index < -0.39 is 10.0 Å². The molecule has 6 heteroatoms. The van der Waals surface area contributed by atoms with E-state index in [1.807, 2.05) is 25.1 Å². The highest BCUT2D eigenvalue weighted by Crippen LogP contribution is 2.40. The van der Waals surface area contributed by atoms with Crippen LogP contribution in [0.5, 0.6) is 0 Å². The Morgan fingerprint density at radius 1 is 1.05 bits per heavy atom. The van der Waals surface area contributed by atoms with Crippen LogP contribution >= 0.6 is 23.2 Å². The zero-order valence-electron chi connectivity index (χ0n) is 11.3. The van der Waals surface area contributed by atoms with E-state index in [0.29, 0.717) is 12.1 Å². The molecule has 110 valence electrons. The van der Waals surface area contributed by atoms with Crippen LogP contribution in [-0.2, 0) is 16.4 Å². The van der Waals surface area contributed by atoms with Crippen molar-refractivity contribution in [2.24, 2.45) is 0 Å². The maximum Gasteiger partial charge on any atom is 0.267 e. The third-order valence-corrected chi connectivity index (χ3v) is 6.46. The van der Waals surface area contributed by atoms with Gasteiger partial charge in [-0.15, -0.1) is 0 Å². The van der Waals surface area contributed by atoms with Gasteiger partial charge >= 0.3 is 0 Å². The van der Waals surface area contributed by atoms with Crippen molar-refractivity contribution in [1.82, 2.24) is 0 Å². The number of fused-ring (bicyclic) bond motifs is 1. The number of hydrogen-bond donors (Lipinski definition) is 0. The van der Waals surface area contributed by atoms with Crippen LogP contribution in [0.1, 0.15) is 12.5 Å². The van der Waals surface area contributed by atoms with Gasteiger partial charge in [0.2, 0.25) is 0 Å². The summed E-state index contributed by atoms with van der Waals surface area (Å²) in [5.41, 5.74) is 1.71. The predicted molar refractivity (Wildman–Crippen MR) is 85.7 cm³/mol. The van der Waals surface area contributed by atoms with E-state index in [-0.39, 0.29) is 21.0 Å². The van der Waals surface area contributed by atoms with Crippen LogP contribution in [0.4, 0.5) is 5.69 Å². The van der Waals surface area contributed by atoms with Gasteiger partial charge in [0, 0.05) is 6.04 Å². The number of nitrogens with zero attached hydrogens (tertiary/aromatic N) is 1. The van der Waals surface area contributed by atoms with Gasteiger partial charge in [0.05, 0.1) is 15.7 Å². The molecular formula is C15H13Cl2NO2S. The summed E-state index contributed by atoms with van der Waals surface area (Å²) in [5, 5.41) is 0.276. The molecule has 2 aromatic carbocycles. The van der Waals surface area contributed by atoms with Crippen molar-refractivity contribution in [2.45, 2.75) is 24.3 Å². The Kier molecular flexibility index (Phi) is 3.64. The molecule has 0 aromatic heterocycles. The van der Waals surface area contributed by atoms with Gasteiger partial charge in [0.25, 0.3) is 10.0 Å². The van der Waals surface area contributed by atoms with Crippen LogP contribution in [0, 0.1) is 0 Å². The summed E-state index contributed by atoms with van der Waals surface area (Å²) in [6.45, 7) is 1.88. The Morgan fingerprint density at radius 2 is 1.67 bits per heavy atom. The molecule has 3 nitrogen and oxygen atoms in total. The van der Waals surface area contributed by atoms with Crippen molar-refractivity contribution in [2.75, 3.05) is 4.31 Å². The Hall–Kier alpha value is -1.23. The molecule has 0 spiro atoms. The molecule has 1 atom stereocenters. The molecule has 0 N–H and O–H groups in total. The average Bonchev–Trinajstić information content (AvgIpc) is 2.74. The maximum atomic E-state index is 13.0. The maximum absolute atomic E-state index is 13.0. The van der Waals surface area contributed by atoms with Gasteiger partial charge < -0.3 is 0 Å². The van der Waals surface area contributed by atoms with Crippen molar-refractivity contribution in [3.05, 3.63) is 58.1 Å². The zero-order valence-corrected chi connectivity index (χ0v) is 13.6. The van der Waals surface area contributed by atoms with E-state index in [2.05, 4.69) is 0 Å². The average molecular weight is 342 g/mol. The highest BCUT2D eigenvalue weighted by molar-refractivity contribution is 7.93. The summed E-state index contributed by atoms with van der Waals surface area (Å²) in [7, 11) is -3.79. The molecule has 1 aliphatic heterocycles. The van der Waals surface area contributed by atoms with Gasteiger partial charge in [-0.1, -0.05) is 47.5 Å². The highest BCUT2D eigenvalue weighted by atomic mass is 35.5. The number of halogens is 2. The molecule has 0 aliphatic carbocycles. The molecule has 0 saturated heterocycles. The summed E-state index contributed by atoms with van der Waals surface area (Å²) in [4.78, 5) is -0.0307.